The van der Waals surface area contributed by atoms with E-state index >= 15 is 0 Å². The Bertz CT molecular complexity index is 572. The molecular formula is C15H16BrFN2. The Morgan fingerprint density at radius 2 is 2.00 bits per heavy atom. The molecule has 0 aliphatic heterocycles. The lowest BCUT2D eigenvalue weighted by Crippen LogP contribution is -2.29. The number of nitrogens with one attached hydrogen (secondary N) is 1. The van der Waals surface area contributed by atoms with Crippen LogP contribution in [0.4, 0.5) is 4.39 Å². The third-order valence-corrected chi connectivity index (χ3v) is 3.76. The number of nitrogens with two attached hydrogens (primary N) is 1. The number of hydrogen-bond donors (Lipinski definition) is 2. The number of rotatable bonds is 4. The van der Waals surface area contributed by atoms with Crippen LogP contribution in [0.1, 0.15) is 29.7 Å². The second-order valence-corrected chi connectivity index (χ2v) is 5.20. The Morgan fingerprint density at radius 3 is 2.68 bits per heavy atom. The van der Waals surface area contributed by atoms with Crippen LogP contribution in [-0.4, -0.2) is 0 Å². The molecule has 100 valence electrons. The average molecular weight is 323 g/mol. The van der Waals surface area contributed by atoms with Gasteiger partial charge in [0.05, 0.1) is 10.5 Å². The summed E-state index contributed by atoms with van der Waals surface area (Å²) in [4.78, 5) is 0. The SMILES string of the molecule is CCc1cccc(C(NN)c2cccc(Br)c2F)c1. The lowest BCUT2D eigenvalue weighted by Gasteiger charge is -2.18. The van der Waals surface area contributed by atoms with Crippen molar-refractivity contribution >= 4 is 15.9 Å². The highest BCUT2D eigenvalue weighted by atomic mass is 79.9. The van der Waals surface area contributed by atoms with Gasteiger partial charge in [-0.15, -0.1) is 0 Å². The molecule has 2 aromatic carbocycles. The first-order chi connectivity index (χ1) is 9.17. The molecule has 1 atom stereocenters. The first-order valence-electron chi connectivity index (χ1n) is 6.16. The Balaban J connectivity index is 2.46. The molecule has 0 saturated heterocycles. The summed E-state index contributed by atoms with van der Waals surface area (Å²) in [7, 11) is 0. The molecule has 1 unspecified atom stereocenters. The number of halogens is 2. The summed E-state index contributed by atoms with van der Waals surface area (Å²) < 4.78 is 14.6. The van der Waals surface area contributed by atoms with Gasteiger partial charge in [0, 0.05) is 5.56 Å². The van der Waals surface area contributed by atoms with Gasteiger partial charge in [0.2, 0.25) is 0 Å². The number of hydrogen-bond acceptors (Lipinski definition) is 2. The number of benzene rings is 2. The highest BCUT2D eigenvalue weighted by Gasteiger charge is 2.18. The Hall–Kier alpha value is -1.23. The van der Waals surface area contributed by atoms with Gasteiger partial charge in [0.25, 0.3) is 0 Å². The molecule has 4 heteroatoms. The number of aryl methyl sites for hydroxylation is 1. The van der Waals surface area contributed by atoms with Crippen LogP contribution in [0, 0.1) is 5.82 Å². The van der Waals surface area contributed by atoms with E-state index in [2.05, 4.69) is 28.3 Å². The molecule has 0 bridgehead atoms. The van der Waals surface area contributed by atoms with Gasteiger partial charge in [0.15, 0.2) is 0 Å². The lowest BCUT2D eigenvalue weighted by atomic mass is 9.97. The molecule has 0 amide bonds. The predicted molar refractivity (Wildman–Crippen MR) is 79.1 cm³/mol. The topological polar surface area (TPSA) is 38.0 Å². The fourth-order valence-corrected chi connectivity index (χ4v) is 2.48. The molecule has 0 spiro atoms. The van der Waals surface area contributed by atoms with Crippen LogP contribution in [0.5, 0.6) is 0 Å². The van der Waals surface area contributed by atoms with Crippen LogP contribution in [0.3, 0.4) is 0 Å². The standard InChI is InChI=1S/C15H16BrFN2/c1-2-10-5-3-6-11(9-10)15(19-18)12-7-4-8-13(16)14(12)17/h3-9,15,19H,2,18H2,1H3. The van der Waals surface area contributed by atoms with Gasteiger partial charge in [-0.2, -0.15) is 0 Å². The summed E-state index contributed by atoms with van der Waals surface area (Å²) in [6.07, 6.45) is 0.937. The Kier molecular flexibility index (Phi) is 4.69. The predicted octanol–water partition coefficient (Wildman–Crippen LogP) is 3.70. The van der Waals surface area contributed by atoms with E-state index < -0.39 is 0 Å². The Morgan fingerprint density at radius 1 is 1.26 bits per heavy atom. The van der Waals surface area contributed by atoms with E-state index in [1.165, 1.54) is 5.56 Å². The molecule has 0 aliphatic carbocycles. The minimum absolute atomic E-state index is 0.285. The largest absolute Gasteiger partial charge is 0.271 e. The molecule has 0 saturated carbocycles. The molecule has 2 rings (SSSR count). The molecule has 19 heavy (non-hydrogen) atoms. The van der Waals surface area contributed by atoms with Crippen molar-refractivity contribution in [1.29, 1.82) is 0 Å². The van der Waals surface area contributed by atoms with Crippen LogP contribution < -0.4 is 11.3 Å². The van der Waals surface area contributed by atoms with E-state index in [4.69, 9.17) is 5.84 Å². The molecule has 0 radical (unpaired) electrons. The maximum Gasteiger partial charge on any atom is 0.142 e. The van der Waals surface area contributed by atoms with Crippen LogP contribution in [0.2, 0.25) is 0 Å². The molecule has 0 aromatic heterocycles. The lowest BCUT2D eigenvalue weighted by molar-refractivity contribution is 0.555. The maximum atomic E-state index is 14.2. The number of hydrazine groups is 1. The van der Waals surface area contributed by atoms with Crippen molar-refractivity contribution in [2.75, 3.05) is 0 Å². The summed E-state index contributed by atoms with van der Waals surface area (Å²) in [6, 6.07) is 12.9. The second kappa shape index (κ2) is 6.28. The van der Waals surface area contributed by atoms with Gasteiger partial charge in [0.1, 0.15) is 5.82 Å². The summed E-state index contributed by atoms with van der Waals surface area (Å²) >= 11 is 3.20. The fourth-order valence-electron chi connectivity index (χ4n) is 2.10. The smallest absolute Gasteiger partial charge is 0.142 e. The van der Waals surface area contributed by atoms with E-state index in [0.717, 1.165) is 12.0 Å². The van der Waals surface area contributed by atoms with Gasteiger partial charge in [-0.25, -0.2) is 9.82 Å². The van der Waals surface area contributed by atoms with E-state index in [9.17, 15) is 4.39 Å². The van der Waals surface area contributed by atoms with E-state index in [0.29, 0.717) is 10.0 Å². The van der Waals surface area contributed by atoms with Crippen molar-refractivity contribution < 1.29 is 4.39 Å². The molecule has 0 fully saturated rings. The highest BCUT2D eigenvalue weighted by Crippen LogP contribution is 2.28. The minimum atomic E-state index is -0.357. The molecule has 2 nitrogen and oxygen atoms in total. The Labute approximate surface area is 120 Å². The van der Waals surface area contributed by atoms with Gasteiger partial charge >= 0.3 is 0 Å². The summed E-state index contributed by atoms with van der Waals surface area (Å²) in [6.45, 7) is 2.09. The minimum Gasteiger partial charge on any atom is -0.271 e. The first-order valence-corrected chi connectivity index (χ1v) is 6.95. The van der Waals surface area contributed by atoms with Crippen molar-refractivity contribution in [3.8, 4) is 0 Å². The van der Waals surface area contributed by atoms with Crippen LogP contribution in [0.15, 0.2) is 46.9 Å². The maximum absolute atomic E-state index is 14.2. The normalized spacial score (nSPS) is 12.4. The second-order valence-electron chi connectivity index (χ2n) is 4.34. The van der Waals surface area contributed by atoms with Crippen molar-refractivity contribution in [2.45, 2.75) is 19.4 Å². The fraction of sp³-hybridized carbons (Fsp3) is 0.200. The van der Waals surface area contributed by atoms with Crippen molar-refractivity contribution in [3.63, 3.8) is 0 Å². The zero-order valence-corrected chi connectivity index (χ0v) is 12.2. The van der Waals surface area contributed by atoms with E-state index in [1.54, 1.807) is 18.2 Å². The van der Waals surface area contributed by atoms with E-state index in [-0.39, 0.29) is 11.9 Å². The molecule has 2 aromatic rings. The molecule has 3 N–H and O–H groups in total. The summed E-state index contributed by atoms with van der Waals surface area (Å²) in [5.41, 5.74) is 5.38. The van der Waals surface area contributed by atoms with E-state index in [1.807, 2.05) is 24.3 Å². The van der Waals surface area contributed by atoms with Gasteiger partial charge in [-0.3, -0.25) is 5.84 Å². The zero-order valence-electron chi connectivity index (χ0n) is 10.7. The first kappa shape index (κ1) is 14.2. The molecular weight excluding hydrogens is 307 g/mol. The van der Waals surface area contributed by atoms with Gasteiger partial charge in [-0.05, 0) is 39.5 Å². The summed E-state index contributed by atoms with van der Waals surface area (Å²) in [5, 5.41) is 0. The molecule has 0 aliphatic rings. The van der Waals surface area contributed by atoms with Crippen molar-refractivity contribution in [2.24, 2.45) is 5.84 Å². The average Bonchev–Trinajstić information content (AvgIpc) is 2.44. The van der Waals surface area contributed by atoms with Crippen molar-refractivity contribution in [1.82, 2.24) is 5.43 Å². The van der Waals surface area contributed by atoms with Crippen LogP contribution in [-0.2, 0) is 6.42 Å². The van der Waals surface area contributed by atoms with Crippen LogP contribution >= 0.6 is 15.9 Å². The van der Waals surface area contributed by atoms with Gasteiger partial charge < -0.3 is 0 Å². The summed E-state index contributed by atoms with van der Waals surface area (Å²) in [5.74, 6) is 5.33. The van der Waals surface area contributed by atoms with Gasteiger partial charge in [-0.1, -0.05) is 43.3 Å². The zero-order chi connectivity index (χ0) is 13.8. The van der Waals surface area contributed by atoms with Crippen molar-refractivity contribution in [3.05, 3.63) is 69.4 Å². The van der Waals surface area contributed by atoms with Crippen LogP contribution in [0.25, 0.3) is 0 Å². The third-order valence-electron chi connectivity index (χ3n) is 3.15. The third kappa shape index (κ3) is 3.03. The molecule has 0 heterocycles. The highest BCUT2D eigenvalue weighted by molar-refractivity contribution is 9.10. The quantitative estimate of drug-likeness (QED) is 0.665. The monoisotopic (exact) mass is 322 g/mol.